The molecule has 0 saturated heterocycles. The standard InChI is InChI=1S/C12H11ClN2OS/c1-8(10-4-5-11(13)17-10)15-12(16)9-3-2-6-14-7-9/h2-8H,1H3,(H,15,16)/t8-/m0/s1. The summed E-state index contributed by atoms with van der Waals surface area (Å²) >= 11 is 7.32. The SMILES string of the molecule is C[C@H](NC(=O)c1cccnc1)c1ccc(Cl)s1. The molecule has 1 atom stereocenters. The van der Waals surface area contributed by atoms with E-state index in [1.165, 1.54) is 11.3 Å². The largest absolute Gasteiger partial charge is 0.345 e. The molecule has 17 heavy (non-hydrogen) atoms. The lowest BCUT2D eigenvalue weighted by atomic mass is 10.2. The molecule has 3 nitrogen and oxygen atoms in total. The summed E-state index contributed by atoms with van der Waals surface area (Å²) in [7, 11) is 0. The molecule has 0 fully saturated rings. The molecule has 0 aromatic carbocycles. The molecule has 2 aromatic heterocycles. The number of carbonyl (C=O) groups excluding carboxylic acids is 1. The van der Waals surface area contributed by atoms with Gasteiger partial charge < -0.3 is 5.32 Å². The van der Waals surface area contributed by atoms with Crippen LogP contribution in [-0.2, 0) is 0 Å². The van der Waals surface area contributed by atoms with Crippen LogP contribution in [0.2, 0.25) is 4.34 Å². The first-order valence-corrected chi connectivity index (χ1v) is 6.32. The van der Waals surface area contributed by atoms with Crippen molar-refractivity contribution in [1.82, 2.24) is 10.3 Å². The van der Waals surface area contributed by atoms with E-state index in [0.29, 0.717) is 5.56 Å². The predicted octanol–water partition coefficient (Wildman–Crippen LogP) is 3.29. The molecule has 1 N–H and O–H groups in total. The Bertz CT molecular complexity index is 512. The third kappa shape index (κ3) is 3.05. The van der Waals surface area contributed by atoms with Crippen LogP contribution in [0.5, 0.6) is 0 Å². The molecule has 2 rings (SSSR count). The molecule has 0 aliphatic carbocycles. The van der Waals surface area contributed by atoms with E-state index in [4.69, 9.17) is 11.6 Å². The van der Waals surface area contributed by atoms with Crippen molar-refractivity contribution >= 4 is 28.8 Å². The van der Waals surface area contributed by atoms with Gasteiger partial charge in [-0.05, 0) is 31.2 Å². The van der Waals surface area contributed by atoms with Crippen LogP contribution in [0.15, 0.2) is 36.7 Å². The number of hydrogen-bond donors (Lipinski definition) is 1. The highest BCUT2D eigenvalue weighted by molar-refractivity contribution is 7.16. The molecule has 0 aliphatic heterocycles. The summed E-state index contributed by atoms with van der Waals surface area (Å²) in [4.78, 5) is 16.8. The molecule has 2 aromatic rings. The van der Waals surface area contributed by atoms with Crippen LogP contribution in [0, 0.1) is 0 Å². The van der Waals surface area contributed by atoms with Crippen molar-refractivity contribution < 1.29 is 4.79 Å². The minimum atomic E-state index is -0.130. The Morgan fingerprint density at radius 1 is 1.47 bits per heavy atom. The number of hydrogen-bond acceptors (Lipinski definition) is 3. The maximum absolute atomic E-state index is 11.9. The van der Waals surface area contributed by atoms with Crippen LogP contribution in [0.25, 0.3) is 0 Å². The van der Waals surface area contributed by atoms with Crippen molar-refractivity contribution in [3.63, 3.8) is 0 Å². The fourth-order valence-electron chi connectivity index (χ4n) is 1.41. The smallest absolute Gasteiger partial charge is 0.253 e. The number of thiophene rings is 1. The minimum absolute atomic E-state index is 0.0554. The Morgan fingerprint density at radius 2 is 2.29 bits per heavy atom. The summed E-state index contributed by atoms with van der Waals surface area (Å²) in [6.45, 7) is 1.93. The fraction of sp³-hybridized carbons (Fsp3) is 0.167. The normalized spacial score (nSPS) is 12.1. The van der Waals surface area contributed by atoms with E-state index in [0.717, 1.165) is 9.21 Å². The highest BCUT2D eigenvalue weighted by atomic mass is 35.5. The molecule has 0 radical (unpaired) electrons. The Balaban J connectivity index is 2.04. The lowest BCUT2D eigenvalue weighted by molar-refractivity contribution is 0.0940. The van der Waals surface area contributed by atoms with E-state index in [9.17, 15) is 4.79 Å². The summed E-state index contributed by atoms with van der Waals surface area (Å²) in [5, 5.41) is 2.90. The summed E-state index contributed by atoms with van der Waals surface area (Å²) in [6.07, 6.45) is 3.18. The van der Waals surface area contributed by atoms with E-state index < -0.39 is 0 Å². The first-order chi connectivity index (χ1) is 8.16. The summed E-state index contributed by atoms with van der Waals surface area (Å²) in [6, 6.07) is 7.16. The number of amides is 1. The quantitative estimate of drug-likeness (QED) is 0.926. The van der Waals surface area contributed by atoms with Gasteiger partial charge in [0.25, 0.3) is 5.91 Å². The van der Waals surface area contributed by atoms with E-state index in [2.05, 4.69) is 10.3 Å². The average molecular weight is 267 g/mol. The molecule has 0 aliphatic rings. The van der Waals surface area contributed by atoms with Crippen LogP contribution in [0.3, 0.4) is 0 Å². The van der Waals surface area contributed by atoms with Crippen molar-refractivity contribution in [3.8, 4) is 0 Å². The number of nitrogens with one attached hydrogen (secondary N) is 1. The fourth-order valence-corrected chi connectivity index (χ4v) is 2.47. The summed E-state index contributed by atoms with van der Waals surface area (Å²) in [5.41, 5.74) is 0.557. The van der Waals surface area contributed by atoms with Crippen LogP contribution >= 0.6 is 22.9 Å². The number of aromatic nitrogens is 1. The first kappa shape index (κ1) is 12.1. The van der Waals surface area contributed by atoms with E-state index in [-0.39, 0.29) is 11.9 Å². The minimum Gasteiger partial charge on any atom is -0.345 e. The maximum atomic E-state index is 11.9. The molecule has 5 heteroatoms. The van der Waals surface area contributed by atoms with Gasteiger partial charge in [0.15, 0.2) is 0 Å². The lowest BCUT2D eigenvalue weighted by Gasteiger charge is -2.11. The second kappa shape index (κ2) is 5.29. The topological polar surface area (TPSA) is 42.0 Å². The molecule has 0 unspecified atom stereocenters. The average Bonchev–Trinajstić information content (AvgIpc) is 2.77. The summed E-state index contributed by atoms with van der Waals surface area (Å²) < 4.78 is 0.725. The van der Waals surface area contributed by atoms with Crippen LogP contribution in [-0.4, -0.2) is 10.9 Å². The zero-order chi connectivity index (χ0) is 12.3. The number of pyridine rings is 1. The summed E-state index contributed by atoms with van der Waals surface area (Å²) in [5.74, 6) is -0.130. The van der Waals surface area contributed by atoms with Crippen molar-refractivity contribution in [3.05, 3.63) is 51.4 Å². The Morgan fingerprint density at radius 3 is 2.88 bits per heavy atom. The van der Waals surface area contributed by atoms with Crippen molar-refractivity contribution in [1.29, 1.82) is 0 Å². The highest BCUT2D eigenvalue weighted by Crippen LogP contribution is 2.26. The number of halogens is 1. The van der Waals surface area contributed by atoms with Gasteiger partial charge >= 0.3 is 0 Å². The van der Waals surface area contributed by atoms with E-state index in [1.807, 2.05) is 19.1 Å². The number of rotatable bonds is 3. The van der Waals surface area contributed by atoms with Crippen molar-refractivity contribution in [2.45, 2.75) is 13.0 Å². The lowest BCUT2D eigenvalue weighted by Crippen LogP contribution is -2.26. The first-order valence-electron chi connectivity index (χ1n) is 5.13. The van der Waals surface area contributed by atoms with Gasteiger partial charge in [-0.2, -0.15) is 0 Å². The van der Waals surface area contributed by atoms with Gasteiger partial charge in [0, 0.05) is 17.3 Å². The Hall–Kier alpha value is -1.39. The molecule has 0 bridgehead atoms. The number of nitrogens with zero attached hydrogens (tertiary/aromatic N) is 1. The van der Waals surface area contributed by atoms with Gasteiger partial charge in [-0.15, -0.1) is 11.3 Å². The van der Waals surface area contributed by atoms with Crippen molar-refractivity contribution in [2.75, 3.05) is 0 Å². The Labute approximate surface area is 108 Å². The molecule has 0 saturated carbocycles. The zero-order valence-electron chi connectivity index (χ0n) is 9.18. The van der Waals surface area contributed by atoms with Crippen molar-refractivity contribution in [2.24, 2.45) is 0 Å². The molecular weight excluding hydrogens is 256 g/mol. The van der Waals surface area contributed by atoms with Gasteiger partial charge in [-0.3, -0.25) is 9.78 Å². The van der Waals surface area contributed by atoms with Crippen LogP contribution < -0.4 is 5.32 Å². The molecular formula is C12H11ClN2OS. The van der Waals surface area contributed by atoms with Crippen LogP contribution in [0.1, 0.15) is 28.2 Å². The van der Waals surface area contributed by atoms with Gasteiger partial charge in [-0.25, -0.2) is 0 Å². The second-order valence-corrected chi connectivity index (χ2v) is 5.33. The highest BCUT2D eigenvalue weighted by Gasteiger charge is 2.12. The van der Waals surface area contributed by atoms with Gasteiger partial charge in [0.1, 0.15) is 0 Å². The molecule has 2 heterocycles. The van der Waals surface area contributed by atoms with E-state index >= 15 is 0 Å². The third-order valence-electron chi connectivity index (χ3n) is 2.29. The second-order valence-electron chi connectivity index (χ2n) is 3.58. The molecule has 88 valence electrons. The van der Waals surface area contributed by atoms with E-state index in [1.54, 1.807) is 24.5 Å². The van der Waals surface area contributed by atoms with Gasteiger partial charge in [-0.1, -0.05) is 11.6 Å². The Kier molecular flexibility index (Phi) is 3.76. The maximum Gasteiger partial charge on any atom is 0.253 e. The number of carbonyl (C=O) groups is 1. The monoisotopic (exact) mass is 266 g/mol. The predicted molar refractivity (Wildman–Crippen MR) is 69.4 cm³/mol. The third-order valence-corrected chi connectivity index (χ3v) is 3.71. The van der Waals surface area contributed by atoms with Gasteiger partial charge in [0.05, 0.1) is 15.9 Å². The van der Waals surface area contributed by atoms with Crippen LogP contribution in [0.4, 0.5) is 0 Å². The zero-order valence-corrected chi connectivity index (χ0v) is 10.8. The van der Waals surface area contributed by atoms with Gasteiger partial charge in [0.2, 0.25) is 0 Å². The molecule has 1 amide bonds. The molecule has 0 spiro atoms.